The third kappa shape index (κ3) is 3.22. The average Bonchev–Trinajstić information content (AvgIpc) is 2.98. The summed E-state index contributed by atoms with van der Waals surface area (Å²) in [5.41, 5.74) is 5.71. The van der Waals surface area contributed by atoms with Crippen molar-refractivity contribution in [3.05, 3.63) is 23.6 Å². The highest BCUT2D eigenvalue weighted by atomic mass is 32.1. The van der Waals surface area contributed by atoms with Crippen LogP contribution in [0.2, 0.25) is 0 Å². The Bertz CT molecular complexity index is 550. The third-order valence-electron chi connectivity index (χ3n) is 2.49. The second-order valence-corrected chi connectivity index (χ2v) is 5.12. The topological polar surface area (TPSA) is 97.9 Å². The molecule has 0 saturated heterocycles. The Kier molecular flexibility index (Phi) is 4.00. The first-order valence-electron chi connectivity index (χ1n) is 5.80. The van der Waals surface area contributed by atoms with Gasteiger partial charge in [0, 0.05) is 32.0 Å². The Balaban J connectivity index is 1.98. The lowest BCUT2D eigenvalue weighted by Gasteiger charge is -2.13. The van der Waals surface area contributed by atoms with Crippen LogP contribution in [0.4, 0.5) is 10.9 Å². The Morgan fingerprint density at radius 3 is 3.00 bits per heavy atom. The van der Waals surface area contributed by atoms with Crippen LogP contribution < -0.4 is 16.4 Å². The highest BCUT2D eigenvalue weighted by molar-refractivity contribution is 7.18. The Morgan fingerprint density at radius 2 is 2.42 bits per heavy atom. The number of nitrogens with zero attached hydrogens (tertiary/aromatic N) is 3. The molecule has 0 aromatic carbocycles. The van der Waals surface area contributed by atoms with Gasteiger partial charge < -0.3 is 20.9 Å². The molecule has 0 aliphatic carbocycles. The second kappa shape index (κ2) is 5.70. The zero-order valence-electron chi connectivity index (χ0n) is 10.8. The van der Waals surface area contributed by atoms with Crippen molar-refractivity contribution in [3.8, 4) is 0 Å². The van der Waals surface area contributed by atoms with E-state index in [4.69, 9.17) is 5.73 Å². The molecule has 102 valence electrons. The number of carbonyl (C=O) groups excluding carboxylic acids is 1. The number of nitrogen functional groups attached to an aromatic ring is 1. The largest absolute Gasteiger partial charge is 0.382 e. The van der Waals surface area contributed by atoms with E-state index < -0.39 is 0 Å². The maximum Gasteiger partial charge on any atom is 0.265 e. The molecule has 0 bridgehead atoms. The van der Waals surface area contributed by atoms with E-state index in [-0.39, 0.29) is 17.8 Å². The van der Waals surface area contributed by atoms with Crippen molar-refractivity contribution in [3.63, 3.8) is 0 Å². The van der Waals surface area contributed by atoms with E-state index in [0.717, 1.165) is 0 Å². The fourth-order valence-electron chi connectivity index (χ4n) is 1.65. The highest BCUT2D eigenvalue weighted by Crippen LogP contribution is 2.24. The predicted octanol–water partition coefficient (Wildman–Crippen LogP) is 0.782. The molecule has 1 unspecified atom stereocenters. The van der Waals surface area contributed by atoms with Gasteiger partial charge in [-0.2, -0.15) is 0 Å². The molecule has 0 saturated carbocycles. The molecule has 7 nitrogen and oxygen atoms in total. The number of nitrogens with two attached hydrogens (primary N) is 1. The molecule has 0 radical (unpaired) electrons. The first kappa shape index (κ1) is 13.3. The fraction of sp³-hybridized carbons (Fsp3) is 0.364. The summed E-state index contributed by atoms with van der Waals surface area (Å²) in [6, 6.07) is -0.0266. The number of hydrogen-bond acceptors (Lipinski definition) is 6. The lowest BCUT2D eigenvalue weighted by atomic mass is 10.3. The molecular weight excluding hydrogens is 264 g/mol. The summed E-state index contributed by atoms with van der Waals surface area (Å²) >= 11 is 1.24. The summed E-state index contributed by atoms with van der Waals surface area (Å²) in [5, 5.41) is 6.39. The summed E-state index contributed by atoms with van der Waals surface area (Å²) in [5.74, 6) is 0.0470. The second-order valence-electron chi connectivity index (χ2n) is 4.12. The average molecular weight is 280 g/mol. The van der Waals surface area contributed by atoms with E-state index in [2.05, 4.69) is 20.6 Å². The third-order valence-corrected chi connectivity index (χ3v) is 3.58. The maximum atomic E-state index is 12.1. The Morgan fingerprint density at radius 1 is 1.63 bits per heavy atom. The molecule has 2 aromatic heterocycles. The molecule has 2 heterocycles. The molecule has 2 rings (SSSR count). The van der Waals surface area contributed by atoms with Crippen molar-refractivity contribution in [1.82, 2.24) is 19.9 Å². The normalized spacial score (nSPS) is 12.1. The SMILES string of the molecule is CNc1nc(N)c(C(=O)NC(C)Cn2ccnc2)s1. The van der Waals surface area contributed by atoms with Crippen LogP contribution >= 0.6 is 11.3 Å². The van der Waals surface area contributed by atoms with Gasteiger partial charge in [-0.05, 0) is 6.92 Å². The summed E-state index contributed by atoms with van der Waals surface area (Å²) < 4.78 is 1.90. The van der Waals surface area contributed by atoms with Crippen LogP contribution in [0, 0.1) is 0 Å². The summed E-state index contributed by atoms with van der Waals surface area (Å²) in [4.78, 5) is 20.5. The molecule has 4 N–H and O–H groups in total. The van der Waals surface area contributed by atoms with Gasteiger partial charge in [-0.1, -0.05) is 11.3 Å². The number of thiazole rings is 1. The van der Waals surface area contributed by atoms with Gasteiger partial charge in [0.25, 0.3) is 5.91 Å². The van der Waals surface area contributed by atoms with Gasteiger partial charge in [-0.3, -0.25) is 4.79 Å². The van der Waals surface area contributed by atoms with Crippen LogP contribution in [-0.2, 0) is 6.54 Å². The van der Waals surface area contributed by atoms with Gasteiger partial charge in [-0.15, -0.1) is 0 Å². The van der Waals surface area contributed by atoms with Crippen LogP contribution in [0.15, 0.2) is 18.7 Å². The maximum absolute atomic E-state index is 12.1. The molecule has 1 amide bonds. The fourth-order valence-corrected chi connectivity index (χ4v) is 2.39. The number of nitrogens with one attached hydrogen (secondary N) is 2. The van der Waals surface area contributed by atoms with E-state index in [0.29, 0.717) is 16.6 Å². The smallest absolute Gasteiger partial charge is 0.265 e. The molecule has 1 atom stereocenters. The molecule has 0 spiro atoms. The molecule has 0 aliphatic heterocycles. The summed E-state index contributed by atoms with van der Waals surface area (Å²) in [6.07, 6.45) is 5.26. The summed E-state index contributed by atoms with van der Waals surface area (Å²) in [7, 11) is 1.74. The number of hydrogen-bond donors (Lipinski definition) is 3. The minimum atomic E-state index is -0.205. The predicted molar refractivity (Wildman–Crippen MR) is 75.2 cm³/mol. The van der Waals surface area contributed by atoms with E-state index in [1.54, 1.807) is 19.6 Å². The standard InChI is InChI=1S/C11H16N6OS/c1-7(5-17-4-3-14-6-17)15-10(18)8-9(12)16-11(13-2)19-8/h3-4,6-7H,5,12H2,1-2H3,(H,13,16)(H,15,18). The quantitative estimate of drug-likeness (QED) is 0.752. The van der Waals surface area contributed by atoms with Crippen molar-refractivity contribution < 1.29 is 4.79 Å². The molecular formula is C11H16N6OS. The van der Waals surface area contributed by atoms with E-state index >= 15 is 0 Å². The van der Waals surface area contributed by atoms with Gasteiger partial charge in [-0.25, -0.2) is 9.97 Å². The van der Waals surface area contributed by atoms with Gasteiger partial charge >= 0.3 is 0 Å². The lowest BCUT2D eigenvalue weighted by Crippen LogP contribution is -2.35. The van der Waals surface area contributed by atoms with Crippen LogP contribution in [-0.4, -0.2) is 33.5 Å². The monoisotopic (exact) mass is 280 g/mol. The Hall–Kier alpha value is -2.09. The molecule has 0 fully saturated rings. The number of imidazole rings is 1. The van der Waals surface area contributed by atoms with E-state index in [1.807, 2.05) is 17.7 Å². The van der Waals surface area contributed by atoms with Crippen LogP contribution in [0.3, 0.4) is 0 Å². The number of carbonyl (C=O) groups is 1. The number of anilines is 2. The van der Waals surface area contributed by atoms with Gasteiger partial charge in [0.1, 0.15) is 10.7 Å². The lowest BCUT2D eigenvalue weighted by molar-refractivity contribution is 0.0941. The van der Waals surface area contributed by atoms with Crippen molar-refractivity contribution in [2.45, 2.75) is 19.5 Å². The van der Waals surface area contributed by atoms with Crippen molar-refractivity contribution >= 4 is 28.2 Å². The number of rotatable bonds is 5. The summed E-state index contributed by atoms with van der Waals surface area (Å²) in [6.45, 7) is 2.58. The molecule has 0 aliphatic rings. The Labute approximate surface area is 114 Å². The highest BCUT2D eigenvalue weighted by Gasteiger charge is 2.17. The zero-order chi connectivity index (χ0) is 13.8. The van der Waals surface area contributed by atoms with Crippen molar-refractivity contribution in [2.24, 2.45) is 0 Å². The van der Waals surface area contributed by atoms with Crippen LogP contribution in [0.5, 0.6) is 0 Å². The molecule has 2 aromatic rings. The van der Waals surface area contributed by atoms with Gasteiger partial charge in [0.15, 0.2) is 5.13 Å². The van der Waals surface area contributed by atoms with Crippen LogP contribution in [0.1, 0.15) is 16.6 Å². The minimum Gasteiger partial charge on any atom is -0.382 e. The molecule has 19 heavy (non-hydrogen) atoms. The number of aromatic nitrogens is 3. The molecule has 8 heteroatoms. The van der Waals surface area contributed by atoms with E-state index in [9.17, 15) is 4.79 Å². The van der Waals surface area contributed by atoms with Gasteiger partial charge in [0.2, 0.25) is 0 Å². The van der Waals surface area contributed by atoms with Gasteiger partial charge in [0.05, 0.1) is 6.33 Å². The van der Waals surface area contributed by atoms with Crippen molar-refractivity contribution in [1.29, 1.82) is 0 Å². The number of amides is 1. The zero-order valence-corrected chi connectivity index (χ0v) is 11.6. The minimum absolute atomic E-state index is 0.0266. The van der Waals surface area contributed by atoms with E-state index in [1.165, 1.54) is 11.3 Å². The first-order valence-corrected chi connectivity index (χ1v) is 6.62. The van der Waals surface area contributed by atoms with Crippen molar-refractivity contribution in [2.75, 3.05) is 18.1 Å². The van der Waals surface area contributed by atoms with Crippen LogP contribution in [0.25, 0.3) is 0 Å². The first-order chi connectivity index (χ1) is 9.10.